The number of methoxy groups -OCH3 is 1. The van der Waals surface area contributed by atoms with Crippen molar-refractivity contribution in [2.75, 3.05) is 13.7 Å². The van der Waals surface area contributed by atoms with Gasteiger partial charge in [-0.3, -0.25) is 11.3 Å². The smallest absolute Gasteiger partial charge is 0.110 e. The number of ether oxygens (including phenoxy) is 1. The van der Waals surface area contributed by atoms with Gasteiger partial charge in [-0.25, -0.2) is 4.98 Å². The molecule has 1 rings (SSSR count). The Morgan fingerprint density at radius 2 is 2.50 bits per heavy atom. The molecule has 1 atom stereocenters. The number of rotatable bonds is 6. The van der Waals surface area contributed by atoms with Gasteiger partial charge in [-0.2, -0.15) is 0 Å². The lowest BCUT2D eigenvalue weighted by atomic mass is 10.2. The van der Waals surface area contributed by atoms with Crippen LogP contribution in [0.15, 0.2) is 12.4 Å². The molecule has 14 heavy (non-hydrogen) atoms. The first kappa shape index (κ1) is 11.2. The predicted molar refractivity (Wildman–Crippen MR) is 54.6 cm³/mol. The summed E-state index contributed by atoms with van der Waals surface area (Å²) in [6.45, 7) is 3.61. The molecule has 0 fully saturated rings. The Bertz CT molecular complexity index is 261. The molecule has 1 heterocycles. The maximum atomic E-state index is 5.40. The summed E-state index contributed by atoms with van der Waals surface area (Å²) in [6.07, 6.45) is 4.56. The molecule has 0 radical (unpaired) electrons. The summed E-state index contributed by atoms with van der Waals surface area (Å²) in [4.78, 5) is 4.27. The molecular formula is C9H18N4O. The van der Waals surface area contributed by atoms with E-state index in [1.165, 1.54) is 0 Å². The number of nitrogens with one attached hydrogen (secondary N) is 1. The quantitative estimate of drug-likeness (QED) is 0.496. The summed E-state index contributed by atoms with van der Waals surface area (Å²) in [7, 11) is 1.66. The highest BCUT2D eigenvalue weighted by Gasteiger charge is 2.10. The van der Waals surface area contributed by atoms with E-state index in [2.05, 4.69) is 21.9 Å². The van der Waals surface area contributed by atoms with Crippen LogP contribution in [-0.2, 0) is 17.7 Å². The molecule has 3 N–H and O–H groups in total. The largest absolute Gasteiger partial charge is 0.383 e. The number of aromatic nitrogens is 2. The van der Waals surface area contributed by atoms with Crippen molar-refractivity contribution in [2.45, 2.75) is 25.9 Å². The van der Waals surface area contributed by atoms with Gasteiger partial charge in [-0.05, 0) is 6.92 Å². The topological polar surface area (TPSA) is 65.1 Å². The van der Waals surface area contributed by atoms with E-state index in [-0.39, 0.29) is 6.04 Å². The van der Waals surface area contributed by atoms with Crippen LogP contribution < -0.4 is 11.3 Å². The van der Waals surface area contributed by atoms with Crippen LogP contribution in [0.4, 0.5) is 0 Å². The molecule has 5 nitrogen and oxygen atoms in total. The molecule has 0 bridgehead atoms. The lowest BCUT2D eigenvalue weighted by Gasteiger charge is -2.14. The van der Waals surface area contributed by atoms with E-state index >= 15 is 0 Å². The Hall–Kier alpha value is -0.910. The summed E-state index contributed by atoms with van der Waals surface area (Å²) >= 11 is 0. The van der Waals surface area contributed by atoms with Gasteiger partial charge in [0, 0.05) is 32.5 Å². The minimum absolute atomic E-state index is 0.118. The monoisotopic (exact) mass is 198 g/mol. The van der Waals surface area contributed by atoms with Gasteiger partial charge >= 0.3 is 0 Å². The van der Waals surface area contributed by atoms with Crippen LogP contribution in [0, 0.1) is 0 Å². The molecule has 0 aromatic carbocycles. The zero-order valence-electron chi connectivity index (χ0n) is 8.73. The first-order valence-electron chi connectivity index (χ1n) is 4.76. The van der Waals surface area contributed by atoms with E-state index < -0.39 is 0 Å². The van der Waals surface area contributed by atoms with Gasteiger partial charge in [0.05, 0.1) is 12.6 Å². The van der Waals surface area contributed by atoms with Gasteiger partial charge in [-0.15, -0.1) is 0 Å². The third kappa shape index (κ3) is 2.80. The normalized spacial score (nSPS) is 13.1. The Kier molecular flexibility index (Phi) is 4.58. The molecule has 1 aromatic rings. The van der Waals surface area contributed by atoms with Crippen LogP contribution in [-0.4, -0.2) is 29.3 Å². The predicted octanol–water partition coefficient (Wildman–Crippen LogP) is -0.0762. The van der Waals surface area contributed by atoms with Crippen molar-refractivity contribution >= 4 is 0 Å². The second kappa shape index (κ2) is 5.74. The SMILES string of the molecule is CCn1ccnc1CC(COC)NN. The average Bonchev–Trinajstić information content (AvgIpc) is 2.64. The second-order valence-electron chi connectivity index (χ2n) is 3.15. The van der Waals surface area contributed by atoms with Crippen LogP contribution >= 0.6 is 0 Å². The number of imidazole rings is 1. The minimum Gasteiger partial charge on any atom is -0.383 e. The number of nitrogens with zero attached hydrogens (tertiary/aromatic N) is 2. The van der Waals surface area contributed by atoms with Crippen molar-refractivity contribution in [1.29, 1.82) is 0 Å². The summed E-state index contributed by atoms with van der Waals surface area (Å²) in [6, 6.07) is 0.118. The molecule has 0 aliphatic rings. The zero-order valence-corrected chi connectivity index (χ0v) is 8.73. The van der Waals surface area contributed by atoms with Crippen LogP contribution in [0.25, 0.3) is 0 Å². The van der Waals surface area contributed by atoms with Gasteiger partial charge < -0.3 is 9.30 Å². The summed E-state index contributed by atoms with van der Waals surface area (Å²) in [5, 5.41) is 0. The van der Waals surface area contributed by atoms with E-state index in [1.807, 2.05) is 6.20 Å². The highest BCUT2D eigenvalue weighted by atomic mass is 16.5. The number of hydrogen-bond acceptors (Lipinski definition) is 4. The zero-order chi connectivity index (χ0) is 10.4. The lowest BCUT2D eigenvalue weighted by Crippen LogP contribution is -2.40. The number of nitrogens with two attached hydrogens (primary N) is 1. The average molecular weight is 198 g/mol. The van der Waals surface area contributed by atoms with Crippen molar-refractivity contribution < 1.29 is 4.74 Å². The number of aryl methyl sites for hydroxylation is 1. The maximum Gasteiger partial charge on any atom is 0.110 e. The molecule has 0 spiro atoms. The molecule has 1 aromatic heterocycles. The van der Waals surface area contributed by atoms with Crippen LogP contribution in [0.5, 0.6) is 0 Å². The minimum atomic E-state index is 0.118. The third-order valence-electron chi connectivity index (χ3n) is 2.17. The van der Waals surface area contributed by atoms with Crippen LogP contribution in [0.3, 0.4) is 0 Å². The Balaban J connectivity index is 2.56. The molecule has 1 unspecified atom stereocenters. The molecule has 0 aliphatic carbocycles. The maximum absolute atomic E-state index is 5.40. The van der Waals surface area contributed by atoms with E-state index in [0.717, 1.165) is 18.8 Å². The molecule has 0 saturated heterocycles. The lowest BCUT2D eigenvalue weighted by molar-refractivity contribution is 0.165. The molecule has 0 amide bonds. The van der Waals surface area contributed by atoms with Gasteiger partial charge in [0.2, 0.25) is 0 Å². The fraction of sp³-hybridized carbons (Fsp3) is 0.667. The van der Waals surface area contributed by atoms with E-state index in [9.17, 15) is 0 Å². The third-order valence-corrected chi connectivity index (χ3v) is 2.17. The highest BCUT2D eigenvalue weighted by Crippen LogP contribution is 2.01. The first-order valence-corrected chi connectivity index (χ1v) is 4.76. The van der Waals surface area contributed by atoms with Crippen molar-refractivity contribution in [2.24, 2.45) is 5.84 Å². The van der Waals surface area contributed by atoms with Gasteiger partial charge in [0.1, 0.15) is 5.82 Å². The van der Waals surface area contributed by atoms with Crippen molar-refractivity contribution in [1.82, 2.24) is 15.0 Å². The Morgan fingerprint density at radius 1 is 1.71 bits per heavy atom. The first-order chi connectivity index (χ1) is 6.81. The van der Waals surface area contributed by atoms with E-state index in [4.69, 9.17) is 10.6 Å². The van der Waals surface area contributed by atoms with E-state index in [0.29, 0.717) is 6.61 Å². The molecular weight excluding hydrogens is 180 g/mol. The van der Waals surface area contributed by atoms with Crippen molar-refractivity contribution in [3.63, 3.8) is 0 Å². The number of hydrogen-bond donors (Lipinski definition) is 2. The van der Waals surface area contributed by atoms with Gasteiger partial charge in [-0.1, -0.05) is 0 Å². The summed E-state index contributed by atoms with van der Waals surface area (Å²) in [5.74, 6) is 6.43. The van der Waals surface area contributed by atoms with Crippen molar-refractivity contribution in [3.05, 3.63) is 18.2 Å². The Morgan fingerprint density at radius 3 is 3.07 bits per heavy atom. The molecule has 0 aliphatic heterocycles. The van der Waals surface area contributed by atoms with Gasteiger partial charge in [0.25, 0.3) is 0 Å². The molecule has 80 valence electrons. The standard InChI is InChI=1S/C9H18N4O/c1-3-13-5-4-11-9(13)6-8(12-10)7-14-2/h4-5,8,12H,3,6-7,10H2,1-2H3. The van der Waals surface area contributed by atoms with E-state index in [1.54, 1.807) is 13.3 Å². The molecule has 5 heteroatoms. The molecule has 0 saturated carbocycles. The van der Waals surface area contributed by atoms with Crippen molar-refractivity contribution in [3.8, 4) is 0 Å². The fourth-order valence-electron chi connectivity index (χ4n) is 1.41. The second-order valence-corrected chi connectivity index (χ2v) is 3.15. The Labute approximate surface area is 84.2 Å². The van der Waals surface area contributed by atoms with Gasteiger partial charge in [0.15, 0.2) is 0 Å². The van der Waals surface area contributed by atoms with Crippen LogP contribution in [0.1, 0.15) is 12.7 Å². The van der Waals surface area contributed by atoms with Crippen LogP contribution in [0.2, 0.25) is 0 Å². The summed E-state index contributed by atoms with van der Waals surface area (Å²) < 4.78 is 7.13. The summed E-state index contributed by atoms with van der Waals surface area (Å²) in [5.41, 5.74) is 2.71. The fourth-order valence-corrected chi connectivity index (χ4v) is 1.41. The number of hydrazine groups is 1. The highest BCUT2D eigenvalue weighted by molar-refractivity contribution is 4.95.